The van der Waals surface area contributed by atoms with Crippen LogP contribution in [0.25, 0.3) is 11.3 Å². The Hall–Kier alpha value is -1.89. The highest BCUT2D eigenvalue weighted by molar-refractivity contribution is 9.08. The van der Waals surface area contributed by atoms with Crippen molar-refractivity contribution in [1.82, 2.24) is 0 Å². The van der Waals surface area contributed by atoms with E-state index in [-0.39, 0.29) is 16.8 Å². The predicted molar refractivity (Wildman–Crippen MR) is 62.0 cm³/mol. The molecule has 88 valence electrons. The molecule has 1 heterocycles. The van der Waals surface area contributed by atoms with Crippen LogP contribution in [0, 0.1) is 10.1 Å². The molecule has 7 heteroatoms. The van der Waals surface area contributed by atoms with Crippen LogP contribution in [0.5, 0.6) is 0 Å². The van der Waals surface area contributed by atoms with Crippen LogP contribution in [0.3, 0.4) is 0 Å². The van der Waals surface area contributed by atoms with Gasteiger partial charge in [0.05, 0.1) is 10.3 Å². The topological polar surface area (TPSA) is 86.5 Å². The van der Waals surface area contributed by atoms with Gasteiger partial charge in [-0.2, -0.15) is 0 Å². The van der Waals surface area contributed by atoms with E-state index in [1.165, 1.54) is 18.2 Å². The van der Waals surface area contributed by atoms with Gasteiger partial charge >= 0.3 is 5.82 Å². The third kappa shape index (κ3) is 2.28. The molecule has 1 aromatic carbocycles. The Morgan fingerprint density at radius 3 is 2.76 bits per heavy atom. The van der Waals surface area contributed by atoms with Crippen molar-refractivity contribution in [3.63, 3.8) is 0 Å². The van der Waals surface area contributed by atoms with Gasteiger partial charge < -0.3 is 8.83 Å². The second-order valence-corrected chi connectivity index (χ2v) is 3.71. The van der Waals surface area contributed by atoms with Crippen molar-refractivity contribution in [3.8, 4) is 11.3 Å². The van der Waals surface area contributed by atoms with Crippen molar-refractivity contribution >= 4 is 21.6 Å². The summed E-state index contributed by atoms with van der Waals surface area (Å²) in [5.74, 6) is -0.327. The van der Waals surface area contributed by atoms with Gasteiger partial charge in [-0.25, -0.2) is 4.79 Å². The maximum Gasteiger partial charge on any atom is 0.519 e. The molecule has 6 nitrogen and oxygen atoms in total. The smallest absolute Gasteiger partial charge is 0.394 e. The average Bonchev–Trinajstić information content (AvgIpc) is 2.70. The molecular weight excluding hydrogens is 294 g/mol. The number of non-ortho nitro benzene ring substituents is 1. The summed E-state index contributed by atoms with van der Waals surface area (Å²) in [4.78, 5) is 21.1. The third-order valence-electron chi connectivity index (χ3n) is 2.09. The van der Waals surface area contributed by atoms with E-state index in [1.807, 2.05) is 0 Å². The number of nitro benzene ring substituents is 1. The Balaban J connectivity index is 2.56. The van der Waals surface area contributed by atoms with Crippen LogP contribution >= 0.6 is 15.9 Å². The maximum atomic E-state index is 11.0. The monoisotopic (exact) mass is 299 g/mol. The lowest BCUT2D eigenvalue weighted by Gasteiger charge is -1.97. The van der Waals surface area contributed by atoms with E-state index in [4.69, 9.17) is 8.83 Å². The SMILES string of the molecule is O=c1oc(CBr)c(-c2cccc([N+](=O)[O-])c2)o1. The Morgan fingerprint density at radius 1 is 1.35 bits per heavy atom. The molecule has 0 spiro atoms. The summed E-state index contributed by atoms with van der Waals surface area (Å²) in [6, 6.07) is 5.79. The molecule has 0 aliphatic carbocycles. The van der Waals surface area contributed by atoms with Crippen molar-refractivity contribution in [2.45, 2.75) is 5.33 Å². The van der Waals surface area contributed by atoms with Crippen molar-refractivity contribution in [2.75, 3.05) is 0 Å². The number of nitrogens with zero attached hydrogens (tertiary/aromatic N) is 1. The minimum Gasteiger partial charge on any atom is -0.394 e. The first-order valence-electron chi connectivity index (χ1n) is 4.55. The van der Waals surface area contributed by atoms with E-state index in [1.54, 1.807) is 6.07 Å². The van der Waals surface area contributed by atoms with Gasteiger partial charge in [-0.1, -0.05) is 28.1 Å². The van der Waals surface area contributed by atoms with Gasteiger partial charge in [0, 0.05) is 17.7 Å². The molecule has 0 aliphatic heterocycles. The molecule has 1 aromatic heterocycles. The van der Waals surface area contributed by atoms with Gasteiger partial charge in [0.15, 0.2) is 11.5 Å². The third-order valence-corrected chi connectivity index (χ3v) is 2.60. The molecule has 0 atom stereocenters. The van der Waals surface area contributed by atoms with Crippen LogP contribution in [0.15, 0.2) is 37.9 Å². The van der Waals surface area contributed by atoms with Gasteiger partial charge in [0.1, 0.15) is 0 Å². The molecule has 0 fully saturated rings. The molecule has 0 N–H and O–H groups in total. The quantitative estimate of drug-likeness (QED) is 0.494. The number of benzene rings is 1. The minimum atomic E-state index is -0.832. The molecule has 2 rings (SSSR count). The second-order valence-electron chi connectivity index (χ2n) is 3.15. The summed E-state index contributed by atoms with van der Waals surface area (Å²) < 4.78 is 9.63. The molecule has 0 saturated carbocycles. The fourth-order valence-corrected chi connectivity index (χ4v) is 1.75. The summed E-state index contributed by atoms with van der Waals surface area (Å²) in [5.41, 5.74) is 0.353. The molecule has 0 amide bonds. The standard InChI is InChI=1S/C10H6BrNO5/c11-5-8-9(17-10(13)16-8)6-2-1-3-7(4-6)12(14)15/h1-4H,5H2. The van der Waals surface area contributed by atoms with Gasteiger partial charge in [-0.05, 0) is 0 Å². The van der Waals surface area contributed by atoms with Crippen molar-refractivity contribution in [2.24, 2.45) is 0 Å². The molecule has 0 bridgehead atoms. The normalized spacial score (nSPS) is 10.4. The van der Waals surface area contributed by atoms with Gasteiger partial charge in [-0.3, -0.25) is 10.1 Å². The van der Waals surface area contributed by atoms with E-state index in [0.717, 1.165) is 0 Å². The van der Waals surface area contributed by atoms with Gasteiger partial charge in [0.25, 0.3) is 5.69 Å². The van der Waals surface area contributed by atoms with Crippen LogP contribution in [0.4, 0.5) is 5.69 Å². The lowest BCUT2D eigenvalue weighted by atomic mass is 10.1. The van der Waals surface area contributed by atoms with Gasteiger partial charge in [-0.15, -0.1) is 0 Å². The first-order chi connectivity index (χ1) is 8.11. The van der Waals surface area contributed by atoms with Crippen molar-refractivity contribution < 1.29 is 13.8 Å². The van der Waals surface area contributed by atoms with Gasteiger partial charge in [0.2, 0.25) is 0 Å². The Labute approximate surface area is 103 Å². The molecular formula is C10H6BrNO5. The molecule has 0 aliphatic rings. The summed E-state index contributed by atoms with van der Waals surface area (Å²) >= 11 is 3.14. The number of hydrogen-bond donors (Lipinski definition) is 0. The van der Waals surface area contributed by atoms with Crippen molar-refractivity contribution in [3.05, 3.63) is 50.8 Å². The Kier molecular flexibility index (Phi) is 3.10. The Morgan fingerprint density at radius 2 is 2.12 bits per heavy atom. The largest absolute Gasteiger partial charge is 0.519 e. The lowest BCUT2D eigenvalue weighted by molar-refractivity contribution is -0.384. The van der Waals surface area contributed by atoms with Crippen LogP contribution < -0.4 is 5.82 Å². The van der Waals surface area contributed by atoms with E-state index >= 15 is 0 Å². The average molecular weight is 300 g/mol. The highest BCUT2D eigenvalue weighted by Gasteiger charge is 2.16. The number of hydrogen-bond acceptors (Lipinski definition) is 5. The zero-order valence-electron chi connectivity index (χ0n) is 8.38. The number of halogens is 1. The fraction of sp³-hybridized carbons (Fsp3) is 0.100. The summed E-state index contributed by atoms with van der Waals surface area (Å²) in [7, 11) is 0. The second kappa shape index (κ2) is 4.54. The fourth-order valence-electron chi connectivity index (χ4n) is 1.38. The van der Waals surface area contributed by atoms with Crippen molar-refractivity contribution in [1.29, 1.82) is 0 Å². The molecule has 0 saturated heterocycles. The number of nitro groups is 1. The summed E-state index contributed by atoms with van der Waals surface area (Å²) in [6.07, 6.45) is 0. The molecule has 2 aromatic rings. The molecule has 17 heavy (non-hydrogen) atoms. The van der Waals surface area contributed by atoms with Crippen LogP contribution in [-0.2, 0) is 5.33 Å². The first-order valence-corrected chi connectivity index (χ1v) is 5.67. The predicted octanol–water partition coefficient (Wildman–Crippen LogP) is 2.70. The summed E-state index contributed by atoms with van der Waals surface area (Å²) in [6.45, 7) is 0. The highest BCUT2D eigenvalue weighted by Crippen LogP contribution is 2.27. The molecule has 0 unspecified atom stereocenters. The highest BCUT2D eigenvalue weighted by atomic mass is 79.9. The van der Waals surface area contributed by atoms with Crippen LogP contribution in [0.1, 0.15) is 5.76 Å². The molecule has 0 radical (unpaired) electrons. The van der Waals surface area contributed by atoms with Crippen LogP contribution in [0.2, 0.25) is 0 Å². The minimum absolute atomic E-state index is 0.0770. The summed E-state index contributed by atoms with van der Waals surface area (Å²) in [5, 5.41) is 10.9. The van der Waals surface area contributed by atoms with E-state index in [2.05, 4.69) is 15.9 Å². The zero-order valence-corrected chi connectivity index (χ0v) is 9.97. The van der Waals surface area contributed by atoms with E-state index in [9.17, 15) is 14.9 Å². The zero-order chi connectivity index (χ0) is 12.4. The number of rotatable bonds is 3. The number of alkyl halides is 1. The lowest BCUT2D eigenvalue weighted by Crippen LogP contribution is -1.88. The maximum absolute atomic E-state index is 11.0. The first kappa shape index (κ1) is 11.6. The van der Waals surface area contributed by atoms with E-state index < -0.39 is 10.7 Å². The van der Waals surface area contributed by atoms with Crippen LogP contribution in [-0.4, -0.2) is 4.92 Å². The Bertz CT molecular complexity index is 615. The van der Waals surface area contributed by atoms with E-state index in [0.29, 0.717) is 11.3 Å².